The van der Waals surface area contributed by atoms with E-state index in [1.54, 1.807) is 7.11 Å². The molecule has 0 spiro atoms. The van der Waals surface area contributed by atoms with E-state index in [9.17, 15) is 5.11 Å². The van der Waals surface area contributed by atoms with E-state index in [1.807, 2.05) is 19.0 Å². The predicted octanol–water partition coefficient (Wildman–Crippen LogP) is 3.29. The third-order valence-electron chi connectivity index (χ3n) is 4.11. The van der Waals surface area contributed by atoms with E-state index in [4.69, 9.17) is 9.57 Å². The Morgan fingerprint density at radius 1 is 1.57 bits per heavy atom. The number of ether oxygens (including phenoxy) is 1. The number of hydrogen-bond acceptors (Lipinski definition) is 4. The Labute approximate surface area is 129 Å². The fourth-order valence-corrected chi connectivity index (χ4v) is 2.84. The summed E-state index contributed by atoms with van der Waals surface area (Å²) in [4.78, 5) is 6.05. The Morgan fingerprint density at radius 2 is 2.24 bits per heavy atom. The Hall–Kier alpha value is -0.840. The van der Waals surface area contributed by atoms with Crippen LogP contribution in [0.4, 0.5) is 0 Å². The van der Waals surface area contributed by atoms with Gasteiger partial charge in [0.2, 0.25) is 0 Å². The lowest BCUT2D eigenvalue weighted by Gasteiger charge is -2.40. The van der Waals surface area contributed by atoms with E-state index in [2.05, 4.69) is 32.9 Å². The number of hydrogen-bond donors (Lipinski definition) is 1. The van der Waals surface area contributed by atoms with Gasteiger partial charge in [-0.25, -0.2) is 0 Å². The highest BCUT2D eigenvalue weighted by atomic mass is 16.7. The lowest BCUT2D eigenvalue weighted by atomic mass is 9.85. The van der Waals surface area contributed by atoms with Gasteiger partial charge in [0.15, 0.2) is 0 Å². The summed E-state index contributed by atoms with van der Waals surface area (Å²) in [5.74, 6) is 0.211. The molecule has 1 aliphatic rings. The third-order valence-corrected chi connectivity index (χ3v) is 4.11. The molecule has 0 aromatic rings. The molecule has 0 amide bonds. The minimum atomic E-state index is -0.266. The van der Waals surface area contributed by atoms with Crippen molar-refractivity contribution in [3.05, 3.63) is 23.4 Å². The lowest BCUT2D eigenvalue weighted by molar-refractivity contribution is -0.227. The van der Waals surface area contributed by atoms with Crippen LogP contribution in [0.5, 0.6) is 0 Å². The summed E-state index contributed by atoms with van der Waals surface area (Å²) >= 11 is 0. The second-order valence-corrected chi connectivity index (χ2v) is 6.49. The van der Waals surface area contributed by atoms with Gasteiger partial charge < -0.3 is 9.84 Å². The fourth-order valence-electron chi connectivity index (χ4n) is 2.84. The molecule has 0 saturated heterocycles. The number of hydroxylamine groups is 2. The maximum atomic E-state index is 9.31. The molecule has 0 aromatic carbocycles. The van der Waals surface area contributed by atoms with Crippen LogP contribution in [0.3, 0.4) is 0 Å². The van der Waals surface area contributed by atoms with Crippen molar-refractivity contribution in [2.24, 2.45) is 5.92 Å². The monoisotopic (exact) mass is 297 g/mol. The molecule has 3 unspecified atom stereocenters. The summed E-state index contributed by atoms with van der Waals surface area (Å²) < 4.78 is 5.72. The van der Waals surface area contributed by atoms with Gasteiger partial charge in [-0.2, -0.15) is 0 Å². The van der Waals surface area contributed by atoms with Gasteiger partial charge in [0.1, 0.15) is 0 Å². The van der Waals surface area contributed by atoms with Crippen LogP contribution in [0, 0.1) is 5.92 Å². The molecule has 0 radical (unpaired) electrons. The highest BCUT2D eigenvalue weighted by Gasteiger charge is 2.35. The molecule has 21 heavy (non-hydrogen) atoms. The predicted molar refractivity (Wildman–Crippen MR) is 85.7 cm³/mol. The van der Waals surface area contributed by atoms with Crippen molar-refractivity contribution < 1.29 is 14.7 Å². The van der Waals surface area contributed by atoms with Crippen LogP contribution in [0.15, 0.2) is 23.4 Å². The molecule has 3 atom stereocenters. The molecule has 4 heteroatoms. The van der Waals surface area contributed by atoms with Crippen molar-refractivity contribution in [1.29, 1.82) is 0 Å². The molecule has 0 aromatic heterocycles. The highest BCUT2D eigenvalue weighted by molar-refractivity contribution is 5.05. The summed E-state index contributed by atoms with van der Waals surface area (Å²) in [7, 11) is 3.68. The molecule has 0 fully saturated rings. The van der Waals surface area contributed by atoms with Crippen molar-refractivity contribution in [3.63, 3.8) is 0 Å². The molecule has 122 valence electrons. The summed E-state index contributed by atoms with van der Waals surface area (Å²) in [5, 5.41) is 11.1. The maximum Gasteiger partial charge on any atom is 0.0994 e. The van der Waals surface area contributed by atoms with E-state index in [1.165, 1.54) is 5.57 Å². The average Bonchev–Trinajstić information content (AvgIpc) is 2.40. The van der Waals surface area contributed by atoms with E-state index < -0.39 is 0 Å². The first-order valence-corrected chi connectivity index (χ1v) is 7.69. The third kappa shape index (κ3) is 5.46. The number of methoxy groups -OCH3 is 1. The lowest BCUT2D eigenvalue weighted by Crippen LogP contribution is -2.43. The van der Waals surface area contributed by atoms with Crippen LogP contribution < -0.4 is 0 Å². The number of nitrogens with zero attached hydrogens (tertiary/aromatic N) is 1. The van der Waals surface area contributed by atoms with Gasteiger partial charge in [-0.3, -0.25) is 9.90 Å². The molecule has 1 heterocycles. The maximum absolute atomic E-state index is 9.31. The summed E-state index contributed by atoms with van der Waals surface area (Å²) in [5.41, 5.74) is 2.12. The van der Waals surface area contributed by atoms with E-state index in [0.717, 1.165) is 18.5 Å². The van der Waals surface area contributed by atoms with Crippen LogP contribution in [0.2, 0.25) is 0 Å². The van der Waals surface area contributed by atoms with Gasteiger partial charge in [0.25, 0.3) is 0 Å². The molecular weight excluding hydrogens is 266 g/mol. The first-order valence-electron chi connectivity index (χ1n) is 7.69. The summed E-state index contributed by atoms with van der Waals surface area (Å²) in [6, 6.07) is 0. The molecular formula is C17H31NO3. The van der Waals surface area contributed by atoms with Crippen LogP contribution in [0.1, 0.15) is 47.0 Å². The van der Waals surface area contributed by atoms with Crippen LogP contribution in [-0.2, 0) is 9.57 Å². The van der Waals surface area contributed by atoms with Gasteiger partial charge in [0, 0.05) is 38.8 Å². The van der Waals surface area contributed by atoms with Crippen molar-refractivity contribution >= 4 is 0 Å². The molecule has 4 nitrogen and oxygen atoms in total. The summed E-state index contributed by atoms with van der Waals surface area (Å²) in [6.45, 7) is 8.50. The van der Waals surface area contributed by atoms with Crippen molar-refractivity contribution in [1.82, 2.24) is 5.06 Å². The molecule has 1 N–H and O–H groups in total. The Kier molecular flexibility index (Phi) is 6.91. The van der Waals surface area contributed by atoms with Crippen molar-refractivity contribution in [2.75, 3.05) is 20.8 Å². The average molecular weight is 297 g/mol. The quantitative estimate of drug-likeness (QED) is 0.732. The minimum absolute atomic E-state index is 0.0391. The van der Waals surface area contributed by atoms with Gasteiger partial charge in [-0.05, 0) is 40.5 Å². The van der Waals surface area contributed by atoms with Crippen molar-refractivity contribution in [3.8, 4) is 0 Å². The molecule has 1 aliphatic heterocycles. The zero-order chi connectivity index (χ0) is 16.0. The van der Waals surface area contributed by atoms with Gasteiger partial charge in [-0.1, -0.05) is 17.7 Å². The standard InChI is InChI=1S/C17H31NO3/c1-13(2)11-15(8-10-19)16(20-6)12-17(4)9-7-14(3)18(5)21-17/h7,11,15-16,19H,8-10,12H2,1-6H3. The number of aliphatic hydroxyl groups is 1. The second kappa shape index (κ2) is 7.97. The highest BCUT2D eigenvalue weighted by Crippen LogP contribution is 2.33. The van der Waals surface area contributed by atoms with E-state index in [-0.39, 0.29) is 24.2 Å². The Morgan fingerprint density at radius 3 is 2.71 bits per heavy atom. The van der Waals surface area contributed by atoms with Gasteiger partial charge in [0.05, 0.1) is 11.7 Å². The van der Waals surface area contributed by atoms with Crippen LogP contribution in [0.25, 0.3) is 0 Å². The molecule has 1 rings (SSSR count). The van der Waals surface area contributed by atoms with Crippen molar-refractivity contribution in [2.45, 2.75) is 58.7 Å². The smallest absolute Gasteiger partial charge is 0.0994 e. The number of rotatable bonds is 7. The SMILES string of the molecule is COC(CC1(C)CC=C(C)N(C)O1)C(C=C(C)C)CCO. The minimum Gasteiger partial charge on any atom is -0.396 e. The number of allylic oxidation sites excluding steroid dienone is 2. The topological polar surface area (TPSA) is 41.9 Å². The van der Waals surface area contributed by atoms with E-state index >= 15 is 0 Å². The zero-order valence-corrected chi connectivity index (χ0v) is 14.3. The zero-order valence-electron chi connectivity index (χ0n) is 14.3. The molecule has 0 saturated carbocycles. The summed E-state index contributed by atoms with van der Waals surface area (Å²) in [6.07, 6.45) is 6.83. The first kappa shape index (κ1) is 18.2. The normalized spacial score (nSPS) is 25.3. The molecule has 0 aliphatic carbocycles. The van der Waals surface area contributed by atoms with Crippen LogP contribution in [-0.4, -0.2) is 42.6 Å². The Bertz CT molecular complexity index is 387. The van der Waals surface area contributed by atoms with E-state index in [0.29, 0.717) is 6.42 Å². The fraction of sp³-hybridized carbons (Fsp3) is 0.765. The largest absolute Gasteiger partial charge is 0.396 e. The Balaban J connectivity index is 2.82. The van der Waals surface area contributed by atoms with Gasteiger partial charge in [-0.15, -0.1) is 0 Å². The van der Waals surface area contributed by atoms with Gasteiger partial charge >= 0.3 is 0 Å². The molecule has 0 bridgehead atoms. The number of aliphatic hydroxyl groups excluding tert-OH is 1. The first-order chi connectivity index (χ1) is 9.81. The van der Waals surface area contributed by atoms with Crippen LogP contribution >= 0.6 is 0 Å². The second-order valence-electron chi connectivity index (χ2n) is 6.49.